The van der Waals surface area contributed by atoms with Crippen molar-refractivity contribution in [3.63, 3.8) is 0 Å². The molecule has 3 aromatic carbocycles. The zero-order valence-corrected chi connectivity index (χ0v) is 23.3. The normalized spacial score (nSPS) is 12.3. The van der Waals surface area contributed by atoms with E-state index >= 15 is 0 Å². The summed E-state index contributed by atoms with van der Waals surface area (Å²) in [5.74, 6) is -1.68. The summed E-state index contributed by atoms with van der Waals surface area (Å²) in [7, 11) is 1.74. The Kier molecular flexibility index (Phi) is 8.94. The van der Waals surface area contributed by atoms with E-state index in [1.807, 2.05) is 6.07 Å². The van der Waals surface area contributed by atoms with E-state index in [1.54, 1.807) is 80.2 Å². The molecule has 2 unspecified atom stereocenters. The highest BCUT2D eigenvalue weighted by molar-refractivity contribution is 6.31. The molecule has 2 atom stereocenters. The van der Waals surface area contributed by atoms with Crippen LogP contribution < -0.4 is 10.6 Å². The molecule has 0 aliphatic heterocycles. The number of aliphatic carboxylic acids is 1. The van der Waals surface area contributed by atoms with Gasteiger partial charge in [-0.2, -0.15) is 5.10 Å². The fraction of sp³-hybridized carbons (Fsp3) is 0.200. The standard InChI is InChI=1S/C30H29ClN4O6/c1-17-26(33-30(40)41-18(2)23-6-4-5-7-24(23)31)27(34-35(17)3)20-10-12-21(13-11-20)28(37)32-25(29(38)39)16-19-8-14-22(36)15-9-19/h4-15,18,25,36H,16H2,1-3H3,(H,32,37)(H,33,40)(H,38,39). The van der Waals surface area contributed by atoms with E-state index in [0.29, 0.717) is 38.8 Å². The van der Waals surface area contributed by atoms with Gasteiger partial charge in [-0.15, -0.1) is 0 Å². The molecule has 4 N–H and O–H groups in total. The fourth-order valence-electron chi connectivity index (χ4n) is 4.21. The van der Waals surface area contributed by atoms with Crippen LogP contribution in [0.3, 0.4) is 0 Å². The van der Waals surface area contributed by atoms with Crippen LogP contribution in [0.15, 0.2) is 72.8 Å². The largest absolute Gasteiger partial charge is 0.508 e. The number of halogens is 1. The van der Waals surface area contributed by atoms with Gasteiger partial charge in [0.2, 0.25) is 0 Å². The van der Waals surface area contributed by atoms with E-state index in [9.17, 15) is 24.6 Å². The third-order valence-corrected chi connectivity index (χ3v) is 6.93. The number of hydrogen-bond acceptors (Lipinski definition) is 6. The number of phenols is 1. The van der Waals surface area contributed by atoms with Gasteiger partial charge in [0.1, 0.15) is 23.6 Å². The predicted octanol–water partition coefficient (Wildman–Crippen LogP) is 5.49. The number of nitrogens with one attached hydrogen (secondary N) is 2. The molecule has 0 radical (unpaired) electrons. The minimum Gasteiger partial charge on any atom is -0.508 e. The van der Waals surface area contributed by atoms with Crippen molar-refractivity contribution in [1.29, 1.82) is 0 Å². The first kappa shape index (κ1) is 29.2. The average Bonchev–Trinajstić information content (AvgIpc) is 3.22. The van der Waals surface area contributed by atoms with E-state index in [-0.39, 0.29) is 17.7 Å². The number of carbonyl (C=O) groups excluding carboxylic acids is 2. The Labute approximate surface area is 241 Å². The SMILES string of the molecule is Cc1c(NC(=O)OC(C)c2ccccc2Cl)c(-c2ccc(C(=O)NC(Cc3ccc(O)cc3)C(=O)O)cc2)nn1C. The van der Waals surface area contributed by atoms with Crippen molar-refractivity contribution in [2.24, 2.45) is 7.05 Å². The Bertz CT molecular complexity index is 1570. The van der Waals surface area contributed by atoms with Crippen molar-refractivity contribution < 1.29 is 29.3 Å². The molecular weight excluding hydrogens is 548 g/mol. The van der Waals surface area contributed by atoms with Crippen molar-refractivity contribution in [1.82, 2.24) is 15.1 Å². The van der Waals surface area contributed by atoms with E-state index < -0.39 is 30.1 Å². The molecule has 41 heavy (non-hydrogen) atoms. The summed E-state index contributed by atoms with van der Waals surface area (Å²) in [6.45, 7) is 3.52. The van der Waals surface area contributed by atoms with Gasteiger partial charge < -0.3 is 20.3 Å². The van der Waals surface area contributed by atoms with E-state index in [2.05, 4.69) is 15.7 Å². The first-order chi connectivity index (χ1) is 19.5. The van der Waals surface area contributed by atoms with Gasteiger partial charge in [0.15, 0.2) is 0 Å². The maximum atomic E-state index is 12.8. The first-order valence-corrected chi connectivity index (χ1v) is 13.1. The second-order valence-electron chi connectivity index (χ2n) is 9.44. The minimum absolute atomic E-state index is 0.0485. The highest BCUT2D eigenvalue weighted by atomic mass is 35.5. The Hall–Kier alpha value is -4.83. The molecule has 0 bridgehead atoms. The average molecular weight is 577 g/mol. The number of aromatic hydroxyl groups is 1. The Balaban J connectivity index is 1.47. The summed E-state index contributed by atoms with van der Waals surface area (Å²) in [4.78, 5) is 37.4. The highest BCUT2D eigenvalue weighted by Crippen LogP contribution is 2.31. The molecule has 11 heteroatoms. The lowest BCUT2D eigenvalue weighted by Crippen LogP contribution is -2.42. The molecule has 0 aliphatic carbocycles. The van der Waals surface area contributed by atoms with Gasteiger partial charge in [0.25, 0.3) is 5.91 Å². The van der Waals surface area contributed by atoms with Gasteiger partial charge in [0, 0.05) is 35.2 Å². The van der Waals surface area contributed by atoms with Crippen molar-refractivity contribution >= 4 is 35.3 Å². The Morgan fingerprint density at radius 2 is 1.68 bits per heavy atom. The third-order valence-electron chi connectivity index (χ3n) is 6.59. The maximum Gasteiger partial charge on any atom is 0.412 e. The molecule has 0 spiro atoms. The summed E-state index contributed by atoms with van der Waals surface area (Å²) in [5.41, 5.74) is 3.80. The number of aryl methyl sites for hydroxylation is 1. The second kappa shape index (κ2) is 12.6. The van der Waals surface area contributed by atoms with Crippen molar-refractivity contribution in [3.8, 4) is 17.0 Å². The van der Waals surface area contributed by atoms with Gasteiger partial charge >= 0.3 is 12.1 Å². The van der Waals surface area contributed by atoms with Gasteiger partial charge in [0.05, 0.1) is 11.4 Å². The number of carboxylic acid groups (broad SMARTS) is 1. The summed E-state index contributed by atoms with van der Waals surface area (Å²) in [6.07, 6.45) is -1.22. The molecule has 4 aromatic rings. The Morgan fingerprint density at radius 3 is 2.32 bits per heavy atom. The predicted molar refractivity (Wildman–Crippen MR) is 154 cm³/mol. The number of phenolic OH excluding ortho intramolecular Hbond substituents is 1. The van der Waals surface area contributed by atoms with Crippen LogP contribution in [-0.4, -0.2) is 44.0 Å². The molecule has 10 nitrogen and oxygen atoms in total. The molecule has 0 saturated heterocycles. The lowest BCUT2D eigenvalue weighted by atomic mass is 10.0. The van der Waals surface area contributed by atoms with Crippen LogP contribution in [0.4, 0.5) is 10.5 Å². The lowest BCUT2D eigenvalue weighted by Gasteiger charge is -2.16. The van der Waals surface area contributed by atoms with E-state index in [0.717, 1.165) is 0 Å². The number of carboxylic acids is 1. The van der Waals surface area contributed by atoms with Crippen LogP contribution in [0.5, 0.6) is 5.75 Å². The van der Waals surface area contributed by atoms with Gasteiger partial charge in [-0.25, -0.2) is 9.59 Å². The van der Waals surface area contributed by atoms with Crippen molar-refractivity contribution in [2.75, 3.05) is 5.32 Å². The van der Waals surface area contributed by atoms with Gasteiger partial charge in [-0.05, 0) is 49.7 Å². The summed E-state index contributed by atoms with van der Waals surface area (Å²) in [6, 6.07) is 18.5. The minimum atomic E-state index is -1.18. The number of hydrogen-bond donors (Lipinski definition) is 4. The van der Waals surface area contributed by atoms with Crippen molar-refractivity contribution in [3.05, 3.63) is 100 Å². The number of anilines is 1. The van der Waals surface area contributed by atoms with Crippen LogP contribution in [0.2, 0.25) is 5.02 Å². The molecule has 4 rings (SSSR count). The highest BCUT2D eigenvalue weighted by Gasteiger charge is 2.23. The van der Waals surface area contributed by atoms with Crippen molar-refractivity contribution in [2.45, 2.75) is 32.4 Å². The summed E-state index contributed by atoms with van der Waals surface area (Å²) >= 11 is 6.23. The number of benzene rings is 3. The number of ether oxygens (including phenoxy) is 1. The second-order valence-corrected chi connectivity index (χ2v) is 9.85. The topological polar surface area (TPSA) is 143 Å². The molecule has 0 saturated carbocycles. The zero-order valence-electron chi connectivity index (χ0n) is 22.6. The van der Waals surface area contributed by atoms with E-state index in [1.165, 1.54) is 12.1 Å². The lowest BCUT2D eigenvalue weighted by molar-refractivity contribution is -0.139. The zero-order chi connectivity index (χ0) is 29.7. The smallest absolute Gasteiger partial charge is 0.412 e. The first-order valence-electron chi connectivity index (χ1n) is 12.7. The number of carbonyl (C=O) groups is 3. The summed E-state index contributed by atoms with van der Waals surface area (Å²) in [5, 5.41) is 29.4. The van der Waals surface area contributed by atoms with Crippen LogP contribution in [0.1, 0.15) is 40.2 Å². The quantitative estimate of drug-likeness (QED) is 0.206. The fourth-order valence-corrected chi connectivity index (χ4v) is 4.50. The molecule has 0 fully saturated rings. The third kappa shape index (κ3) is 7.03. The van der Waals surface area contributed by atoms with Crippen LogP contribution >= 0.6 is 11.6 Å². The Morgan fingerprint density at radius 1 is 1.02 bits per heavy atom. The van der Waals surface area contributed by atoms with Gasteiger partial charge in [-0.1, -0.05) is 54.1 Å². The monoisotopic (exact) mass is 576 g/mol. The van der Waals surface area contributed by atoms with Crippen LogP contribution in [-0.2, 0) is 23.0 Å². The van der Waals surface area contributed by atoms with Crippen LogP contribution in [0.25, 0.3) is 11.3 Å². The number of amides is 2. The van der Waals surface area contributed by atoms with Crippen LogP contribution in [0, 0.1) is 6.92 Å². The molecule has 0 aliphatic rings. The number of aromatic nitrogens is 2. The maximum absolute atomic E-state index is 12.8. The number of rotatable bonds is 9. The molecule has 1 aromatic heterocycles. The molecule has 212 valence electrons. The van der Waals surface area contributed by atoms with Gasteiger partial charge in [-0.3, -0.25) is 14.8 Å². The number of nitrogens with zero attached hydrogens (tertiary/aromatic N) is 2. The molecule has 2 amide bonds. The van der Waals surface area contributed by atoms with E-state index in [4.69, 9.17) is 16.3 Å². The molecule has 1 heterocycles. The summed E-state index contributed by atoms with van der Waals surface area (Å²) < 4.78 is 7.16. The molecular formula is C30H29ClN4O6.